The number of imide groups is 1. The Kier molecular flexibility index (Phi) is 13.3. The van der Waals surface area contributed by atoms with Crippen LogP contribution in [0.5, 0.6) is 0 Å². The number of aromatic amines is 2. The number of morpholine rings is 1. The highest BCUT2D eigenvalue weighted by Gasteiger charge is 2.41. The van der Waals surface area contributed by atoms with E-state index in [0.29, 0.717) is 133 Å². The number of aromatic nitrogens is 7. The Labute approximate surface area is 370 Å². The Hall–Kier alpha value is -5.92. The molecule has 0 unspecified atom stereocenters. The van der Waals surface area contributed by atoms with Crippen LogP contribution in [0.1, 0.15) is 123 Å². The standard InChI is InChI=1S/C46H56N10O8/c1-6-29-25(2)31-23-36-39(44(59)37-24-55(53-52-37)14-19-62-16-9-47)27(4)33(49-36)21-32-26(3)30(7-8-38(58)64-20-15-57)42(50-32)41-43-40(28(5)34(51-43)22-35(29)48-31)45(60)56(46(41)61)11-10-54-12-17-63-18-13-54/h21-24,26,30,49,51,57H,6-20,47H2,1-5H3/t26-,30-/m0/s1. The van der Waals surface area contributed by atoms with Crippen molar-refractivity contribution in [3.63, 3.8) is 0 Å². The number of aliphatic hydroxyl groups is 1. The summed E-state index contributed by atoms with van der Waals surface area (Å²) in [6.45, 7) is 14.1. The number of allylic oxidation sites excluding steroid dienone is 2. The van der Waals surface area contributed by atoms with E-state index in [2.05, 4.69) is 32.1 Å². The maximum absolute atomic E-state index is 15.0. The smallest absolute Gasteiger partial charge is 0.305 e. The summed E-state index contributed by atoms with van der Waals surface area (Å²) in [5.41, 5.74) is 14.6. The van der Waals surface area contributed by atoms with Gasteiger partial charge >= 0.3 is 5.97 Å². The van der Waals surface area contributed by atoms with E-state index in [-0.39, 0.29) is 55.6 Å². The van der Waals surface area contributed by atoms with Gasteiger partial charge in [0.25, 0.3) is 11.8 Å². The average molecular weight is 877 g/mol. The van der Waals surface area contributed by atoms with Crippen LogP contribution in [0.3, 0.4) is 0 Å². The van der Waals surface area contributed by atoms with Crippen LogP contribution in [-0.4, -0.2) is 146 Å². The molecule has 4 aliphatic heterocycles. The predicted molar refractivity (Wildman–Crippen MR) is 238 cm³/mol. The number of nitrogens with zero attached hydrogens (tertiary/aromatic N) is 7. The molecule has 0 saturated carbocycles. The number of esters is 1. The van der Waals surface area contributed by atoms with Gasteiger partial charge in [-0.1, -0.05) is 19.1 Å². The zero-order chi connectivity index (χ0) is 45.2. The fourth-order valence-corrected chi connectivity index (χ4v) is 9.17. The number of H-pyrrole nitrogens is 2. The molecule has 2 atom stereocenters. The molecule has 338 valence electrons. The number of ketones is 1. The van der Waals surface area contributed by atoms with E-state index in [1.807, 2.05) is 45.9 Å². The molecule has 4 aliphatic rings. The normalized spacial score (nSPS) is 17.8. The summed E-state index contributed by atoms with van der Waals surface area (Å²) < 4.78 is 17.9. The summed E-state index contributed by atoms with van der Waals surface area (Å²) in [7, 11) is 0. The van der Waals surface area contributed by atoms with Gasteiger partial charge in [-0.3, -0.25) is 34.0 Å². The highest BCUT2D eigenvalue weighted by Crippen LogP contribution is 2.44. The van der Waals surface area contributed by atoms with E-state index < -0.39 is 23.7 Å². The summed E-state index contributed by atoms with van der Waals surface area (Å²) in [5.74, 6) is -2.47. The first-order chi connectivity index (χ1) is 30.9. The molecule has 18 heteroatoms. The molecule has 8 heterocycles. The van der Waals surface area contributed by atoms with Gasteiger partial charge in [-0.2, -0.15) is 0 Å². The Morgan fingerprint density at radius 3 is 2.42 bits per heavy atom. The van der Waals surface area contributed by atoms with Crippen molar-refractivity contribution >= 4 is 56.8 Å². The predicted octanol–water partition coefficient (Wildman–Crippen LogP) is 4.20. The lowest BCUT2D eigenvalue weighted by atomic mass is 9.84. The van der Waals surface area contributed by atoms with Crippen molar-refractivity contribution in [1.29, 1.82) is 0 Å². The number of fused-ring (bicyclic) bond motifs is 8. The van der Waals surface area contributed by atoms with Gasteiger partial charge in [0, 0.05) is 67.7 Å². The molecule has 1 fully saturated rings. The number of ether oxygens (including phenoxy) is 3. The van der Waals surface area contributed by atoms with Crippen LogP contribution in [0.25, 0.3) is 33.2 Å². The van der Waals surface area contributed by atoms with Gasteiger partial charge in [-0.25, -0.2) is 9.67 Å². The maximum Gasteiger partial charge on any atom is 0.305 e. The number of carbonyl (C=O) groups is 4. The third-order valence-electron chi connectivity index (χ3n) is 12.8. The number of aliphatic hydroxyl groups excluding tert-OH is 1. The molecular weight excluding hydrogens is 821 g/mol. The third-order valence-corrected chi connectivity index (χ3v) is 12.8. The molecule has 64 heavy (non-hydrogen) atoms. The molecule has 0 aliphatic carbocycles. The fourth-order valence-electron chi connectivity index (χ4n) is 9.17. The molecule has 8 bridgehead atoms. The molecule has 8 rings (SSSR count). The maximum atomic E-state index is 15.0. The fraction of sp³-hybridized carbons (Fsp3) is 0.478. The molecule has 0 spiro atoms. The van der Waals surface area contributed by atoms with Crippen molar-refractivity contribution in [2.75, 3.05) is 72.4 Å². The number of nitrogens with two attached hydrogens (primary N) is 1. The van der Waals surface area contributed by atoms with Gasteiger partial charge in [0.1, 0.15) is 6.61 Å². The molecule has 18 nitrogen and oxygen atoms in total. The average Bonchev–Trinajstić information content (AvgIpc) is 4.09. The lowest BCUT2D eigenvalue weighted by Crippen LogP contribution is -2.47. The number of hydrogen-bond acceptors (Lipinski definition) is 14. The summed E-state index contributed by atoms with van der Waals surface area (Å²) in [6.07, 6.45) is 2.53. The molecular formula is C46H56N10O8. The van der Waals surface area contributed by atoms with Crippen LogP contribution in [0, 0.1) is 13.8 Å². The Balaban J connectivity index is 1.36. The highest BCUT2D eigenvalue weighted by molar-refractivity contribution is 6.23. The van der Waals surface area contributed by atoms with E-state index in [1.54, 1.807) is 10.9 Å². The molecule has 4 aromatic rings. The summed E-state index contributed by atoms with van der Waals surface area (Å²) in [5, 5.41) is 17.8. The first-order valence-electron chi connectivity index (χ1n) is 22.1. The van der Waals surface area contributed by atoms with E-state index in [9.17, 15) is 19.5 Å². The van der Waals surface area contributed by atoms with Crippen molar-refractivity contribution in [3.8, 4) is 0 Å². The Morgan fingerprint density at radius 2 is 1.67 bits per heavy atom. The molecule has 2 amide bonds. The number of rotatable bonds is 16. The van der Waals surface area contributed by atoms with Gasteiger partial charge in [-0.05, 0) is 74.1 Å². The van der Waals surface area contributed by atoms with Crippen LogP contribution in [-0.2, 0) is 25.5 Å². The number of aryl methyl sites for hydroxylation is 2. The molecule has 4 aromatic heterocycles. The highest BCUT2D eigenvalue weighted by atomic mass is 16.5. The quantitative estimate of drug-likeness (QED) is 0.0535. The second-order valence-electron chi connectivity index (χ2n) is 16.6. The summed E-state index contributed by atoms with van der Waals surface area (Å²) in [6, 6.07) is 5.69. The van der Waals surface area contributed by atoms with E-state index in [0.717, 1.165) is 11.1 Å². The van der Waals surface area contributed by atoms with Crippen LogP contribution in [0.15, 0.2) is 24.4 Å². The zero-order valence-electron chi connectivity index (χ0n) is 37.1. The Bertz CT molecular complexity index is 2690. The largest absolute Gasteiger partial charge is 0.463 e. The third kappa shape index (κ3) is 8.55. The summed E-state index contributed by atoms with van der Waals surface area (Å²) >= 11 is 0. The summed E-state index contributed by atoms with van der Waals surface area (Å²) in [4.78, 5) is 78.0. The number of carbonyl (C=O) groups excluding carboxylic acids is 4. The van der Waals surface area contributed by atoms with E-state index in [1.165, 1.54) is 4.90 Å². The van der Waals surface area contributed by atoms with Crippen LogP contribution >= 0.6 is 0 Å². The Morgan fingerprint density at radius 1 is 0.922 bits per heavy atom. The van der Waals surface area contributed by atoms with E-state index in [4.69, 9.17) is 29.9 Å². The molecule has 0 aromatic carbocycles. The van der Waals surface area contributed by atoms with Crippen LogP contribution in [0.4, 0.5) is 0 Å². The minimum Gasteiger partial charge on any atom is -0.463 e. The van der Waals surface area contributed by atoms with Crippen molar-refractivity contribution in [2.24, 2.45) is 5.73 Å². The van der Waals surface area contributed by atoms with Gasteiger partial charge in [0.2, 0.25) is 5.78 Å². The van der Waals surface area contributed by atoms with Crippen LogP contribution < -0.4 is 5.73 Å². The molecule has 5 N–H and O–H groups in total. The van der Waals surface area contributed by atoms with Crippen molar-refractivity contribution in [1.82, 2.24) is 44.7 Å². The second-order valence-corrected chi connectivity index (χ2v) is 16.6. The monoisotopic (exact) mass is 876 g/mol. The topological polar surface area (TPSA) is 237 Å². The second kappa shape index (κ2) is 19.0. The zero-order valence-corrected chi connectivity index (χ0v) is 37.1. The minimum absolute atomic E-state index is 0.00111. The molecule has 0 radical (unpaired) electrons. The van der Waals surface area contributed by atoms with E-state index >= 15 is 4.79 Å². The van der Waals surface area contributed by atoms with Crippen LogP contribution in [0.2, 0.25) is 0 Å². The first-order valence-corrected chi connectivity index (χ1v) is 22.1. The number of nitrogens with one attached hydrogen (secondary N) is 2. The van der Waals surface area contributed by atoms with Crippen molar-refractivity contribution in [2.45, 2.75) is 72.3 Å². The first kappa shape index (κ1) is 44.7. The lowest BCUT2D eigenvalue weighted by Gasteiger charge is -2.31. The minimum atomic E-state index is -0.487. The van der Waals surface area contributed by atoms with Crippen molar-refractivity contribution in [3.05, 3.63) is 80.7 Å². The van der Waals surface area contributed by atoms with Crippen molar-refractivity contribution < 1.29 is 38.5 Å². The lowest BCUT2D eigenvalue weighted by molar-refractivity contribution is -0.144. The van der Waals surface area contributed by atoms with Gasteiger partial charge in [0.05, 0.1) is 90.6 Å². The number of amides is 2. The SMILES string of the molecule is CCC1=C(C)c2cc3[nH]c(cc4nc(c5c6[nH]c(cc1n2)c(C)c6C(=O)N(CCN1CCOCC1)C5=O)[C@@H](CCC(=O)OCCO)[C@@H]4C)c(C)c3C(=O)c1cn(CCOCCN)nn1. The van der Waals surface area contributed by atoms with Gasteiger partial charge in [0.15, 0.2) is 5.69 Å². The number of hydrogen-bond donors (Lipinski definition) is 4. The van der Waals surface area contributed by atoms with Gasteiger partial charge < -0.3 is 35.0 Å². The van der Waals surface area contributed by atoms with Gasteiger partial charge in [-0.15, -0.1) is 5.10 Å². The molecule has 1 saturated heterocycles.